The fraction of sp³-hybridized carbons (Fsp3) is 0.400. The van der Waals surface area contributed by atoms with Crippen molar-refractivity contribution in [2.75, 3.05) is 31.1 Å². The largest absolute Gasteiger partial charge is 0.370 e. The molecule has 85 heavy (non-hydrogen) atoms. The molecule has 30 heteroatoms. The fourth-order valence-corrected chi connectivity index (χ4v) is 11.8. The van der Waals surface area contributed by atoms with Crippen molar-refractivity contribution in [1.82, 2.24) is 62.4 Å². The lowest BCUT2D eigenvalue weighted by molar-refractivity contribution is -0.135. The number of guanidine groups is 2. The second-order valence-electron chi connectivity index (χ2n) is 20.4. The Bertz CT molecular complexity index is 3310. The molecule has 452 valence electrons. The van der Waals surface area contributed by atoms with E-state index in [4.69, 9.17) is 22.9 Å². The molecule has 0 unspecified atom stereocenters. The van der Waals surface area contributed by atoms with Gasteiger partial charge in [-0.2, -0.15) is 0 Å². The van der Waals surface area contributed by atoms with Crippen molar-refractivity contribution in [2.24, 2.45) is 32.9 Å². The van der Waals surface area contributed by atoms with Crippen molar-refractivity contribution in [3.63, 3.8) is 0 Å². The van der Waals surface area contributed by atoms with Gasteiger partial charge in [-0.05, 0) is 67.5 Å². The molecule has 4 heterocycles. The third-order valence-electron chi connectivity index (χ3n) is 13.9. The molecule has 2 aliphatic rings. The number of Topliss-reactive ketones (excluding diaryl/α,β-unsaturated/α-hetero) is 1. The lowest BCUT2D eigenvalue weighted by Gasteiger charge is -2.27. The minimum absolute atomic E-state index is 0.0541. The molecule has 2 fully saturated rings. The summed E-state index contributed by atoms with van der Waals surface area (Å²) in [6.45, 7) is 2.05. The maximum absolute atomic E-state index is 14.9. The van der Waals surface area contributed by atoms with Crippen LogP contribution in [0.5, 0.6) is 0 Å². The third-order valence-corrected chi connectivity index (χ3v) is 16.3. The Morgan fingerprint density at radius 3 is 1.93 bits per heavy atom. The summed E-state index contributed by atoms with van der Waals surface area (Å²) in [5.41, 5.74) is 24.4. The van der Waals surface area contributed by atoms with Gasteiger partial charge >= 0.3 is 6.03 Å². The molecule has 18 N–H and O–H groups in total. The van der Waals surface area contributed by atoms with E-state index in [-0.39, 0.29) is 75.0 Å². The molecule has 8 atom stereocenters. The number of aliphatic imine (C=N–C) groups is 2. The molecular weight excluding hydrogens is 1140 g/mol. The van der Waals surface area contributed by atoms with Crippen LogP contribution >= 0.6 is 21.6 Å². The van der Waals surface area contributed by atoms with Gasteiger partial charge in [0, 0.05) is 72.8 Å². The topological polar surface area (TPSA) is 443 Å². The molecular formula is C55H70N18O10S2. The molecule has 0 aliphatic carbocycles. The molecule has 3 aromatic carbocycles. The van der Waals surface area contributed by atoms with Crippen LogP contribution in [0, 0.1) is 0 Å². The lowest BCUT2D eigenvalue weighted by atomic mass is 9.99. The average molecular weight is 1210 g/mol. The van der Waals surface area contributed by atoms with Crippen molar-refractivity contribution in [2.45, 2.75) is 107 Å². The van der Waals surface area contributed by atoms with Crippen LogP contribution in [0.2, 0.25) is 0 Å². The zero-order valence-electron chi connectivity index (χ0n) is 46.7. The number of aromatic nitrogens is 3. The van der Waals surface area contributed by atoms with Gasteiger partial charge < -0.3 is 75.4 Å². The van der Waals surface area contributed by atoms with Gasteiger partial charge in [0.1, 0.15) is 48.8 Å². The Morgan fingerprint density at radius 1 is 0.647 bits per heavy atom. The molecule has 2 aliphatic heterocycles. The van der Waals surface area contributed by atoms with Gasteiger partial charge in [0.05, 0.1) is 12.4 Å². The first-order chi connectivity index (χ1) is 40.7. The number of fused-ring (bicyclic) bond motifs is 2. The molecule has 2 saturated heterocycles. The maximum Gasteiger partial charge on any atom is 0.325 e. The van der Waals surface area contributed by atoms with Crippen molar-refractivity contribution in [3.05, 3.63) is 102 Å². The van der Waals surface area contributed by atoms with Crippen LogP contribution < -0.4 is 65.5 Å². The van der Waals surface area contributed by atoms with Crippen LogP contribution in [0.25, 0.3) is 21.7 Å². The minimum atomic E-state index is -1.45. The number of hydrogen-bond acceptors (Lipinski definition) is 15. The monoisotopic (exact) mass is 1210 g/mol. The van der Waals surface area contributed by atoms with Crippen LogP contribution in [-0.2, 0) is 62.4 Å². The Hall–Kier alpha value is -9.19. The van der Waals surface area contributed by atoms with E-state index >= 15 is 0 Å². The minimum Gasteiger partial charge on any atom is -0.370 e. The number of amides is 10. The van der Waals surface area contributed by atoms with Gasteiger partial charge in [-0.1, -0.05) is 82.3 Å². The fourth-order valence-electron chi connectivity index (χ4n) is 9.39. The molecule has 0 spiro atoms. The van der Waals surface area contributed by atoms with E-state index in [0.717, 1.165) is 43.3 Å². The van der Waals surface area contributed by atoms with E-state index in [2.05, 4.69) is 67.5 Å². The zero-order chi connectivity index (χ0) is 61.2. The maximum atomic E-state index is 14.9. The number of H-pyrrole nitrogens is 2. The highest BCUT2D eigenvalue weighted by molar-refractivity contribution is 8.76. The number of carbonyl (C=O) groups is 10. The van der Waals surface area contributed by atoms with E-state index in [9.17, 15) is 47.9 Å². The highest BCUT2D eigenvalue weighted by Gasteiger charge is 2.40. The number of hydrogen-bond donors (Lipinski definition) is 14. The van der Waals surface area contributed by atoms with Crippen molar-refractivity contribution in [3.8, 4) is 0 Å². The summed E-state index contributed by atoms with van der Waals surface area (Å²) in [4.78, 5) is 160. The highest BCUT2D eigenvalue weighted by atomic mass is 33.1. The van der Waals surface area contributed by atoms with E-state index in [1.54, 1.807) is 12.3 Å². The summed E-state index contributed by atoms with van der Waals surface area (Å²) in [5.74, 6) is -7.72. The molecule has 5 aromatic rings. The average Bonchev–Trinajstić information content (AvgIpc) is 4.34. The number of urea groups is 1. The summed E-state index contributed by atoms with van der Waals surface area (Å²) < 4.78 is 0. The summed E-state index contributed by atoms with van der Waals surface area (Å²) in [5, 5.41) is 24.0. The molecule has 2 aromatic heterocycles. The summed E-state index contributed by atoms with van der Waals surface area (Å²) in [6, 6.07) is 8.88. The number of nitrogens with one attached hydrogen (secondary N) is 10. The molecule has 7 rings (SSSR count). The summed E-state index contributed by atoms with van der Waals surface area (Å²) >= 11 is 0. The first-order valence-electron chi connectivity index (χ1n) is 27.3. The summed E-state index contributed by atoms with van der Waals surface area (Å²) in [6.07, 6.45) is 4.68. The Labute approximate surface area is 496 Å². The van der Waals surface area contributed by atoms with Crippen molar-refractivity contribution in [1.29, 1.82) is 0 Å². The first kappa shape index (κ1) is 63.4. The van der Waals surface area contributed by atoms with Gasteiger partial charge in [-0.15, -0.1) is 0 Å². The smallest absolute Gasteiger partial charge is 0.325 e. The number of nitrogens with two attached hydrogens (primary N) is 4. The SMILES string of the molecule is CC(=O)[C@@H]1CSSC[C@H](NC(=O)CN2C(=O)N[C@@H](CCCN=C(N)N)C2=O)C(=O)N[C@H](C)C(=O)N[C@@H](Cc2cnc[nH]2)C(=O)N[C@H](Cc2ccc3ccccc3c2)C(=O)N[C@@H](CCCN=C(N)N)C(=O)N[C@@H](Cc2c[nH]c3ccccc23)C(=O)N1. The van der Waals surface area contributed by atoms with E-state index in [1.807, 2.05) is 60.7 Å². The van der Waals surface area contributed by atoms with Crippen LogP contribution in [0.1, 0.15) is 56.4 Å². The molecule has 0 saturated carbocycles. The van der Waals surface area contributed by atoms with Gasteiger partial charge in [0.15, 0.2) is 17.7 Å². The molecule has 28 nitrogen and oxygen atoms in total. The lowest BCUT2D eigenvalue weighted by Crippen LogP contribution is -2.60. The van der Waals surface area contributed by atoms with E-state index < -0.39 is 114 Å². The molecule has 0 radical (unpaired) electrons. The number of imide groups is 1. The van der Waals surface area contributed by atoms with Gasteiger partial charge in [0.25, 0.3) is 5.91 Å². The van der Waals surface area contributed by atoms with Crippen LogP contribution in [0.15, 0.2) is 95.4 Å². The third kappa shape index (κ3) is 18.4. The van der Waals surface area contributed by atoms with Crippen LogP contribution in [0.3, 0.4) is 0 Å². The van der Waals surface area contributed by atoms with Gasteiger partial charge in [-0.3, -0.25) is 58.0 Å². The Kier molecular flexibility index (Phi) is 22.7. The Morgan fingerprint density at radius 2 is 1.25 bits per heavy atom. The van der Waals surface area contributed by atoms with Crippen LogP contribution in [-0.4, -0.2) is 170 Å². The van der Waals surface area contributed by atoms with Gasteiger partial charge in [0.2, 0.25) is 41.4 Å². The number of benzene rings is 3. The predicted octanol–water partition coefficient (Wildman–Crippen LogP) is -1.50. The number of aromatic amines is 2. The van der Waals surface area contributed by atoms with Crippen molar-refractivity contribution < 1.29 is 47.9 Å². The standard InChI is InChI=1S/C55H70N18O10S2/c1-29-46(76)68-42(22-35-24-60-28-64-35)50(80)69-40(20-31-15-16-32-9-3-4-10-33(32)19-31)48(78)67-38(13-7-17-61-53(56)57)47(77)70-41(21-34-23-63-37-12-6-5-11-36(34)37)49(79)71-43(30(2)74)26-84-85-27-44(51(81)65-29)66-45(75)25-73-52(82)39(72-55(73)83)14-8-18-62-54(58)59/h3-6,9-12,15-16,19,23-24,28-29,38-44,63H,7-8,13-14,17-18,20-22,25-27H2,1-2H3,(H,60,64)(H,65,81)(H,66,75)(H,67,78)(H,68,76)(H,69,80)(H,70,77)(H,71,79)(H,72,83)(H4,56,57,61)(H4,58,59,62)/t29-,38+,39+,40-,41+,42+,43+,44+/m1/s1. The Balaban J connectivity index is 1.22. The molecule has 10 amide bonds. The first-order valence-corrected chi connectivity index (χ1v) is 29.8. The number of nitrogens with zero attached hydrogens (tertiary/aromatic N) is 4. The highest BCUT2D eigenvalue weighted by Crippen LogP contribution is 2.25. The second-order valence-corrected chi connectivity index (χ2v) is 22.9. The quantitative estimate of drug-likeness (QED) is 0.0156. The number of para-hydroxylation sites is 1. The zero-order valence-corrected chi connectivity index (χ0v) is 48.3. The van der Waals surface area contributed by atoms with E-state index in [1.165, 1.54) is 26.4 Å². The predicted molar refractivity (Wildman–Crippen MR) is 321 cm³/mol. The number of ketones is 1. The summed E-state index contributed by atoms with van der Waals surface area (Å²) in [7, 11) is 2.07. The normalized spacial score (nSPS) is 22.4. The van der Waals surface area contributed by atoms with Gasteiger partial charge in [-0.25, -0.2) is 9.78 Å². The second kappa shape index (κ2) is 30.4. The van der Waals surface area contributed by atoms with Crippen molar-refractivity contribution >= 4 is 114 Å². The molecule has 0 bridgehead atoms. The number of carbonyl (C=O) groups excluding carboxylic acids is 10. The number of rotatable bonds is 18. The number of imidazole rings is 1. The van der Waals surface area contributed by atoms with Crippen LogP contribution in [0.4, 0.5) is 4.79 Å². The van der Waals surface area contributed by atoms with E-state index in [0.29, 0.717) is 28.1 Å².